The predicted molar refractivity (Wildman–Crippen MR) is 109 cm³/mol. The number of thiophene rings is 1. The van der Waals surface area contributed by atoms with Crippen molar-refractivity contribution >= 4 is 44.7 Å². The molecule has 0 saturated heterocycles. The lowest BCUT2D eigenvalue weighted by molar-refractivity contribution is 0.101. The van der Waals surface area contributed by atoms with Gasteiger partial charge in [-0.25, -0.2) is 4.39 Å². The number of halogens is 2. The fourth-order valence-corrected chi connectivity index (χ4v) is 4.16. The lowest BCUT2D eigenvalue weighted by Crippen LogP contribution is -2.18. The van der Waals surface area contributed by atoms with Gasteiger partial charge in [0.1, 0.15) is 11.5 Å². The first-order valence-electron chi connectivity index (χ1n) is 8.40. The minimum Gasteiger partial charge on any atom is -0.331 e. The molecular weight excluding hydrogens is 383 g/mol. The zero-order valence-corrected chi connectivity index (χ0v) is 16.1. The van der Waals surface area contributed by atoms with Crippen LogP contribution in [0.1, 0.15) is 21.6 Å². The van der Waals surface area contributed by atoms with Gasteiger partial charge < -0.3 is 9.88 Å². The summed E-state index contributed by atoms with van der Waals surface area (Å²) in [5.41, 5.74) is 3.90. The summed E-state index contributed by atoms with van der Waals surface area (Å²) in [5.74, 6) is -0.496. The molecule has 0 saturated carbocycles. The summed E-state index contributed by atoms with van der Waals surface area (Å²) in [5, 5.41) is 5.56. The van der Waals surface area contributed by atoms with E-state index in [-0.39, 0.29) is 11.7 Å². The molecule has 0 aliphatic heterocycles. The standard InChI is InChI=1S/C21H16ClFN2OS/c1-13-9-15(22)5-6-17(13)24-21(26)19-11-20-18(7-8-27-20)25(19)12-14-3-2-4-16(23)10-14/h2-11H,12H2,1H3,(H,24,26). The van der Waals surface area contributed by atoms with Gasteiger partial charge in [0.2, 0.25) is 0 Å². The number of fused-ring (bicyclic) bond motifs is 1. The molecule has 0 spiro atoms. The lowest BCUT2D eigenvalue weighted by Gasteiger charge is -2.12. The van der Waals surface area contributed by atoms with Crippen molar-refractivity contribution in [3.8, 4) is 0 Å². The summed E-state index contributed by atoms with van der Waals surface area (Å²) in [6, 6.07) is 15.6. The number of aromatic nitrogens is 1. The van der Waals surface area contributed by atoms with E-state index in [9.17, 15) is 9.18 Å². The molecule has 0 aliphatic rings. The summed E-state index contributed by atoms with van der Waals surface area (Å²) in [6.07, 6.45) is 0. The zero-order valence-electron chi connectivity index (χ0n) is 14.5. The van der Waals surface area contributed by atoms with Crippen LogP contribution in [-0.4, -0.2) is 10.5 Å². The topological polar surface area (TPSA) is 34.0 Å². The first-order chi connectivity index (χ1) is 13.0. The maximum absolute atomic E-state index is 13.6. The SMILES string of the molecule is Cc1cc(Cl)ccc1NC(=O)c1cc2sccc2n1Cc1cccc(F)c1. The van der Waals surface area contributed by atoms with E-state index in [0.29, 0.717) is 22.9 Å². The molecular formula is C21H16ClFN2OS. The van der Waals surface area contributed by atoms with Gasteiger partial charge in [-0.1, -0.05) is 23.7 Å². The van der Waals surface area contributed by atoms with Gasteiger partial charge in [0.15, 0.2) is 0 Å². The number of hydrogen-bond acceptors (Lipinski definition) is 2. The van der Waals surface area contributed by atoms with E-state index in [2.05, 4.69) is 5.32 Å². The summed E-state index contributed by atoms with van der Waals surface area (Å²) in [7, 11) is 0. The normalized spacial score (nSPS) is 11.1. The van der Waals surface area contributed by atoms with Crippen molar-refractivity contribution in [3.05, 3.63) is 87.6 Å². The van der Waals surface area contributed by atoms with E-state index in [4.69, 9.17) is 11.6 Å². The Morgan fingerprint density at radius 2 is 2.04 bits per heavy atom. The fraction of sp³-hybridized carbons (Fsp3) is 0.0952. The Labute approximate surface area is 165 Å². The third-order valence-electron chi connectivity index (χ3n) is 4.42. The van der Waals surface area contributed by atoms with Gasteiger partial charge in [0, 0.05) is 17.3 Å². The fourth-order valence-electron chi connectivity index (χ4n) is 3.11. The monoisotopic (exact) mass is 398 g/mol. The van der Waals surface area contributed by atoms with E-state index < -0.39 is 0 Å². The van der Waals surface area contributed by atoms with Crippen LogP contribution in [0.5, 0.6) is 0 Å². The quantitative estimate of drug-likeness (QED) is 0.442. The van der Waals surface area contributed by atoms with E-state index in [1.807, 2.05) is 41.1 Å². The van der Waals surface area contributed by atoms with Crippen LogP contribution in [0.2, 0.25) is 5.02 Å². The number of hydrogen-bond donors (Lipinski definition) is 1. The van der Waals surface area contributed by atoms with Crippen molar-refractivity contribution < 1.29 is 9.18 Å². The maximum Gasteiger partial charge on any atom is 0.272 e. The Morgan fingerprint density at radius 1 is 1.19 bits per heavy atom. The van der Waals surface area contributed by atoms with Crippen LogP contribution < -0.4 is 5.32 Å². The number of carbonyl (C=O) groups excluding carboxylic acids is 1. The average molecular weight is 399 g/mol. The Morgan fingerprint density at radius 3 is 2.81 bits per heavy atom. The van der Waals surface area contributed by atoms with Crippen molar-refractivity contribution in [1.82, 2.24) is 4.57 Å². The predicted octanol–water partition coefficient (Wildman–Crippen LogP) is 6.10. The lowest BCUT2D eigenvalue weighted by atomic mass is 10.2. The molecule has 2 heterocycles. The van der Waals surface area contributed by atoms with Gasteiger partial charge in [0.25, 0.3) is 5.91 Å². The third-order valence-corrected chi connectivity index (χ3v) is 5.51. The molecule has 1 amide bonds. The highest BCUT2D eigenvalue weighted by Gasteiger charge is 2.17. The molecule has 0 aliphatic carbocycles. The minimum absolute atomic E-state index is 0.208. The molecule has 3 nitrogen and oxygen atoms in total. The summed E-state index contributed by atoms with van der Waals surface area (Å²) < 4.78 is 16.5. The Hall–Kier alpha value is -2.63. The van der Waals surface area contributed by atoms with Crippen molar-refractivity contribution in [3.63, 3.8) is 0 Å². The molecule has 0 radical (unpaired) electrons. The van der Waals surface area contributed by atoms with E-state index >= 15 is 0 Å². The summed E-state index contributed by atoms with van der Waals surface area (Å²) >= 11 is 7.56. The van der Waals surface area contributed by atoms with Crippen LogP contribution in [0.15, 0.2) is 60.0 Å². The Kier molecular flexibility index (Phi) is 4.72. The number of nitrogens with zero attached hydrogens (tertiary/aromatic N) is 1. The van der Waals surface area contributed by atoms with E-state index in [1.54, 1.807) is 29.5 Å². The average Bonchev–Trinajstić information content (AvgIpc) is 3.20. The number of rotatable bonds is 4. The molecule has 27 heavy (non-hydrogen) atoms. The van der Waals surface area contributed by atoms with Gasteiger partial charge in [0.05, 0.1) is 10.2 Å². The highest BCUT2D eigenvalue weighted by atomic mass is 35.5. The molecule has 0 unspecified atom stereocenters. The summed E-state index contributed by atoms with van der Waals surface area (Å²) in [4.78, 5) is 13.0. The van der Waals surface area contributed by atoms with Crippen molar-refractivity contribution in [2.24, 2.45) is 0 Å². The second-order valence-corrected chi connectivity index (χ2v) is 7.71. The second-order valence-electron chi connectivity index (χ2n) is 6.33. The molecule has 6 heteroatoms. The number of aryl methyl sites for hydroxylation is 1. The minimum atomic E-state index is -0.288. The highest BCUT2D eigenvalue weighted by Crippen LogP contribution is 2.28. The molecule has 0 atom stereocenters. The van der Waals surface area contributed by atoms with E-state index in [1.165, 1.54) is 12.1 Å². The number of nitrogens with one attached hydrogen (secondary N) is 1. The van der Waals surface area contributed by atoms with Gasteiger partial charge in [-0.15, -0.1) is 11.3 Å². The Bertz CT molecular complexity index is 1150. The van der Waals surface area contributed by atoms with Crippen molar-refractivity contribution in [2.75, 3.05) is 5.32 Å². The largest absolute Gasteiger partial charge is 0.331 e. The zero-order chi connectivity index (χ0) is 19.0. The molecule has 2 aromatic carbocycles. The molecule has 1 N–H and O–H groups in total. The van der Waals surface area contributed by atoms with Crippen LogP contribution in [0.4, 0.5) is 10.1 Å². The van der Waals surface area contributed by atoms with Crippen molar-refractivity contribution in [1.29, 1.82) is 0 Å². The third kappa shape index (κ3) is 3.61. The van der Waals surface area contributed by atoms with Crippen LogP contribution in [-0.2, 0) is 6.54 Å². The van der Waals surface area contributed by atoms with E-state index in [0.717, 1.165) is 21.3 Å². The number of amides is 1. The van der Waals surface area contributed by atoms with Crippen molar-refractivity contribution in [2.45, 2.75) is 13.5 Å². The molecule has 4 rings (SSSR count). The van der Waals surface area contributed by atoms with Crippen LogP contribution in [0, 0.1) is 12.7 Å². The van der Waals surface area contributed by atoms with Crippen LogP contribution in [0.3, 0.4) is 0 Å². The number of anilines is 1. The first-order valence-corrected chi connectivity index (χ1v) is 9.66. The number of benzene rings is 2. The van der Waals surface area contributed by atoms with Gasteiger partial charge in [-0.3, -0.25) is 4.79 Å². The van der Waals surface area contributed by atoms with Crippen LogP contribution in [0.25, 0.3) is 10.2 Å². The molecule has 4 aromatic rings. The molecule has 2 aromatic heterocycles. The Balaban J connectivity index is 1.70. The number of carbonyl (C=O) groups is 1. The molecule has 0 fully saturated rings. The van der Waals surface area contributed by atoms with Crippen LogP contribution >= 0.6 is 22.9 Å². The first kappa shape index (κ1) is 17.8. The summed E-state index contributed by atoms with van der Waals surface area (Å²) in [6.45, 7) is 2.31. The maximum atomic E-state index is 13.6. The highest BCUT2D eigenvalue weighted by molar-refractivity contribution is 7.17. The molecule has 136 valence electrons. The van der Waals surface area contributed by atoms with Gasteiger partial charge in [-0.2, -0.15) is 0 Å². The molecule has 0 bridgehead atoms. The smallest absolute Gasteiger partial charge is 0.272 e. The second kappa shape index (κ2) is 7.18. The van der Waals surface area contributed by atoms with Gasteiger partial charge >= 0.3 is 0 Å². The van der Waals surface area contributed by atoms with Gasteiger partial charge in [-0.05, 0) is 65.9 Å².